The van der Waals surface area contributed by atoms with Crippen LogP contribution in [-0.4, -0.2) is 107 Å². The van der Waals surface area contributed by atoms with E-state index in [1.165, 1.54) is 0 Å². The maximum atomic E-state index is 12.6. The lowest BCUT2D eigenvalue weighted by Gasteiger charge is -2.45. The van der Waals surface area contributed by atoms with Crippen LogP contribution >= 0.6 is 0 Å². The second-order valence-electron chi connectivity index (χ2n) is 8.21. The molecule has 4 aliphatic rings. The van der Waals surface area contributed by atoms with Gasteiger partial charge in [0.05, 0.1) is 6.10 Å². The van der Waals surface area contributed by atoms with Crippen LogP contribution in [0, 0.1) is 0 Å². The summed E-state index contributed by atoms with van der Waals surface area (Å²) >= 11 is 0. The molecule has 1 unspecified atom stereocenters. The van der Waals surface area contributed by atoms with Gasteiger partial charge in [0.15, 0.2) is 0 Å². The number of nitrogens with one attached hydrogen (secondary N) is 1. The van der Waals surface area contributed by atoms with Crippen molar-refractivity contribution in [2.24, 2.45) is 0 Å². The van der Waals surface area contributed by atoms with Crippen LogP contribution in [0.15, 0.2) is 0 Å². The van der Waals surface area contributed by atoms with Crippen molar-refractivity contribution in [3.8, 4) is 0 Å². The fourth-order valence-corrected chi connectivity index (χ4v) is 4.59. The average molecular weight is 365 g/mol. The van der Waals surface area contributed by atoms with Gasteiger partial charge in [-0.25, -0.2) is 9.59 Å². The number of aliphatic hydroxyl groups is 1. The summed E-state index contributed by atoms with van der Waals surface area (Å²) in [6.07, 6.45) is 4.71. The molecule has 0 aromatic carbocycles. The van der Waals surface area contributed by atoms with Crippen molar-refractivity contribution in [1.82, 2.24) is 24.9 Å². The predicted molar refractivity (Wildman–Crippen MR) is 96.9 cm³/mol. The molecule has 146 valence electrons. The summed E-state index contributed by atoms with van der Waals surface area (Å²) in [4.78, 5) is 33.0. The standard InChI is InChI=1S/C18H31N5O3/c24-16-5-9-21(13-16)15-11-23(12-15)17(25)19-14-4-3-8-22(10-14)18(26)20-6-1-2-7-20/h14-16,24H,1-13H2,(H,19,25)/t14?,16-/m1/s1. The number of carbonyl (C=O) groups excluding carboxylic acids is 2. The number of amides is 4. The van der Waals surface area contributed by atoms with Crippen LogP contribution in [0.3, 0.4) is 0 Å². The molecule has 0 aromatic heterocycles. The molecule has 2 N–H and O–H groups in total. The van der Waals surface area contributed by atoms with Gasteiger partial charge in [-0.15, -0.1) is 0 Å². The smallest absolute Gasteiger partial charge is 0.320 e. The predicted octanol–water partition coefficient (Wildman–Crippen LogP) is 0.127. The lowest BCUT2D eigenvalue weighted by molar-refractivity contribution is 0.0593. The number of rotatable bonds is 2. The number of hydrogen-bond donors (Lipinski definition) is 2. The van der Waals surface area contributed by atoms with Gasteiger partial charge in [-0.05, 0) is 32.1 Å². The fraction of sp³-hybridized carbons (Fsp3) is 0.889. The number of nitrogens with zero attached hydrogens (tertiary/aromatic N) is 4. The quantitative estimate of drug-likeness (QED) is 0.729. The lowest BCUT2D eigenvalue weighted by atomic mass is 10.1. The first-order chi connectivity index (χ1) is 12.6. The number of β-amino-alcohol motifs (C(OH)–C–C–N with tert-alkyl or cyclic N) is 1. The Balaban J connectivity index is 1.21. The van der Waals surface area contributed by atoms with Crippen LogP contribution in [0.5, 0.6) is 0 Å². The molecule has 0 aromatic rings. The molecule has 0 bridgehead atoms. The molecule has 26 heavy (non-hydrogen) atoms. The molecule has 8 heteroatoms. The number of likely N-dealkylation sites (tertiary alicyclic amines) is 4. The Morgan fingerprint density at radius 1 is 0.808 bits per heavy atom. The second-order valence-corrected chi connectivity index (χ2v) is 8.21. The van der Waals surface area contributed by atoms with E-state index in [4.69, 9.17) is 0 Å². The maximum absolute atomic E-state index is 12.6. The van der Waals surface area contributed by atoms with E-state index in [2.05, 4.69) is 10.2 Å². The van der Waals surface area contributed by atoms with Crippen molar-refractivity contribution < 1.29 is 14.7 Å². The third kappa shape index (κ3) is 3.76. The van der Waals surface area contributed by atoms with Crippen LogP contribution < -0.4 is 5.32 Å². The molecular weight excluding hydrogens is 334 g/mol. The van der Waals surface area contributed by atoms with Crippen LogP contribution in [0.4, 0.5) is 9.59 Å². The zero-order valence-corrected chi connectivity index (χ0v) is 15.5. The third-order valence-electron chi connectivity index (χ3n) is 6.26. The lowest BCUT2D eigenvalue weighted by Crippen LogP contribution is -2.64. The van der Waals surface area contributed by atoms with Crippen molar-refractivity contribution in [3.05, 3.63) is 0 Å². The van der Waals surface area contributed by atoms with Gasteiger partial charge in [-0.1, -0.05) is 0 Å². The van der Waals surface area contributed by atoms with Gasteiger partial charge in [-0.3, -0.25) is 4.90 Å². The SMILES string of the molecule is O=C(NC1CCCN(C(=O)N2CCCC2)C1)N1CC(N2CC[C@@H](O)C2)C1. The topological polar surface area (TPSA) is 79.4 Å². The van der Waals surface area contributed by atoms with E-state index >= 15 is 0 Å². The zero-order chi connectivity index (χ0) is 18.1. The maximum Gasteiger partial charge on any atom is 0.320 e. The highest BCUT2D eigenvalue weighted by Gasteiger charge is 2.38. The van der Waals surface area contributed by atoms with Gasteiger partial charge in [0.25, 0.3) is 0 Å². The number of urea groups is 2. The Morgan fingerprint density at radius 2 is 1.54 bits per heavy atom. The van der Waals surface area contributed by atoms with Crippen LogP contribution in [-0.2, 0) is 0 Å². The Kier molecular flexibility index (Phi) is 5.22. The van der Waals surface area contributed by atoms with Crippen molar-refractivity contribution in [1.29, 1.82) is 0 Å². The Hall–Kier alpha value is -1.54. The minimum atomic E-state index is -0.209. The summed E-state index contributed by atoms with van der Waals surface area (Å²) in [5.41, 5.74) is 0. The zero-order valence-electron chi connectivity index (χ0n) is 15.5. The van der Waals surface area contributed by atoms with Gasteiger partial charge in [0.1, 0.15) is 0 Å². The highest BCUT2D eigenvalue weighted by molar-refractivity contribution is 5.77. The molecule has 4 aliphatic heterocycles. The van der Waals surface area contributed by atoms with Crippen LogP contribution in [0.1, 0.15) is 32.1 Å². The summed E-state index contributed by atoms with van der Waals surface area (Å²) in [6, 6.07) is 0.562. The van der Waals surface area contributed by atoms with Gasteiger partial charge >= 0.3 is 12.1 Å². The van der Waals surface area contributed by atoms with Crippen LogP contribution in [0.25, 0.3) is 0 Å². The minimum absolute atomic E-state index is 0.0125. The molecular formula is C18H31N5O3. The van der Waals surface area contributed by atoms with Crippen molar-refractivity contribution in [2.75, 3.05) is 52.4 Å². The second kappa shape index (κ2) is 7.60. The molecule has 4 rings (SSSR count). The molecule has 0 saturated carbocycles. The van der Waals surface area contributed by atoms with E-state index < -0.39 is 0 Å². The van der Waals surface area contributed by atoms with Gasteiger partial charge < -0.3 is 25.1 Å². The van der Waals surface area contributed by atoms with E-state index in [1.54, 1.807) is 0 Å². The number of aliphatic hydroxyl groups excluding tert-OH is 1. The number of carbonyl (C=O) groups is 2. The highest BCUT2D eigenvalue weighted by Crippen LogP contribution is 2.21. The van der Waals surface area contributed by atoms with Gasteiger partial charge in [-0.2, -0.15) is 0 Å². The van der Waals surface area contributed by atoms with E-state index in [9.17, 15) is 14.7 Å². The first kappa shape index (κ1) is 17.9. The Labute approximate surface area is 155 Å². The fourth-order valence-electron chi connectivity index (χ4n) is 4.59. The van der Waals surface area contributed by atoms with Gasteiger partial charge in [0.2, 0.25) is 0 Å². The summed E-state index contributed by atoms with van der Waals surface area (Å²) in [6.45, 7) is 6.29. The number of piperidine rings is 1. The molecule has 4 heterocycles. The first-order valence-electron chi connectivity index (χ1n) is 10.1. The first-order valence-corrected chi connectivity index (χ1v) is 10.1. The molecule has 0 spiro atoms. The molecule has 0 radical (unpaired) electrons. The Morgan fingerprint density at radius 3 is 2.23 bits per heavy atom. The monoisotopic (exact) mass is 365 g/mol. The molecule has 4 fully saturated rings. The van der Waals surface area contributed by atoms with E-state index in [0.29, 0.717) is 12.6 Å². The van der Waals surface area contributed by atoms with Crippen molar-refractivity contribution in [2.45, 2.75) is 50.3 Å². The van der Waals surface area contributed by atoms with E-state index in [-0.39, 0.29) is 24.2 Å². The van der Waals surface area contributed by atoms with E-state index in [0.717, 1.165) is 77.9 Å². The number of hydrogen-bond acceptors (Lipinski definition) is 4. The third-order valence-corrected chi connectivity index (χ3v) is 6.26. The van der Waals surface area contributed by atoms with E-state index in [1.807, 2.05) is 14.7 Å². The molecule has 0 aliphatic carbocycles. The molecule has 8 nitrogen and oxygen atoms in total. The van der Waals surface area contributed by atoms with Crippen molar-refractivity contribution in [3.63, 3.8) is 0 Å². The summed E-state index contributed by atoms with van der Waals surface area (Å²) < 4.78 is 0. The highest BCUT2D eigenvalue weighted by atomic mass is 16.3. The van der Waals surface area contributed by atoms with Crippen molar-refractivity contribution >= 4 is 12.1 Å². The minimum Gasteiger partial charge on any atom is -0.392 e. The Bertz CT molecular complexity index is 533. The molecule has 4 saturated heterocycles. The summed E-state index contributed by atoms with van der Waals surface area (Å²) in [5, 5.41) is 12.8. The van der Waals surface area contributed by atoms with Gasteiger partial charge in [0, 0.05) is 64.4 Å². The molecule has 4 amide bonds. The summed E-state index contributed by atoms with van der Waals surface area (Å²) in [7, 11) is 0. The largest absolute Gasteiger partial charge is 0.392 e. The van der Waals surface area contributed by atoms with Crippen LogP contribution in [0.2, 0.25) is 0 Å². The summed E-state index contributed by atoms with van der Waals surface area (Å²) in [5.74, 6) is 0. The average Bonchev–Trinajstić information content (AvgIpc) is 3.25. The molecule has 2 atom stereocenters. The normalized spacial score (nSPS) is 30.6.